The monoisotopic (exact) mass is 313 g/mol. The van der Waals surface area contributed by atoms with E-state index >= 15 is 0 Å². The molecule has 0 atom stereocenters. The molecule has 23 heavy (non-hydrogen) atoms. The number of nitrogens with zero attached hydrogens (tertiary/aromatic N) is 4. The van der Waals surface area contributed by atoms with Crippen LogP contribution in [0.3, 0.4) is 0 Å². The minimum absolute atomic E-state index is 0.0881. The first-order valence-electron chi connectivity index (χ1n) is 8.19. The van der Waals surface area contributed by atoms with Gasteiger partial charge in [-0.15, -0.1) is 0 Å². The molecule has 0 aromatic carbocycles. The highest BCUT2D eigenvalue weighted by atomic mass is 16.1. The number of rotatable bonds is 5. The zero-order chi connectivity index (χ0) is 16.1. The molecule has 0 bridgehead atoms. The molecule has 0 saturated carbocycles. The zero-order valence-corrected chi connectivity index (χ0v) is 13.5. The molecule has 3 heterocycles. The van der Waals surface area contributed by atoms with Crippen molar-refractivity contribution in [1.29, 1.82) is 0 Å². The highest BCUT2D eigenvalue weighted by Crippen LogP contribution is 2.20. The number of aromatic nitrogens is 3. The molecule has 1 N–H and O–H groups in total. The van der Waals surface area contributed by atoms with Crippen molar-refractivity contribution in [2.75, 3.05) is 18.4 Å². The zero-order valence-electron chi connectivity index (χ0n) is 13.5. The van der Waals surface area contributed by atoms with Gasteiger partial charge in [0.2, 0.25) is 5.91 Å². The van der Waals surface area contributed by atoms with Gasteiger partial charge in [-0.2, -0.15) is 5.10 Å². The van der Waals surface area contributed by atoms with Crippen LogP contribution < -0.4 is 5.32 Å². The number of likely N-dealkylation sites (tertiary alicyclic amines) is 1. The minimum Gasteiger partial charge on any atom is -0.323 e. The second-order valence-electron chi connectivity index (χ2n) is 5.99. The lowest BCUT2D eigenvalue weighted by molar-refractivity contribution is -0.121. The number of piperidine rings is 1. The molecule has 122 valence electrons. The molecule has 2 aromatic heterocycles. The minimum atomic E-state index is 0.0881. The molecular formula is C17H23N5O. The highest BCUT2D eigenvalue weighted by Gasteiger charge is 2.25. The van der Waals surface area contributed by atoms with Crippen molar-refractivity contribution in [3.8, 4) is 0 Å². The Balaban J connectivity index is 1.47. The Morgan fingerprint density at radius 1 is 1.35 bits per heavy atom. The van der Waals surface area contributed by atoms with Crippen molar-refractivity contribution in [2.24, 2.45) is 5.92 Å². The van der Waals surface area contributed by atoms with Gasteiger partial charge in [-0.1, -0.05) is 6.07 Å². The Hall–Kier alpha value is -2.21. The summed E-state index contributed by atoms with van der Waals surface area (Å²) in [6.45, 7) is 5.63. The lowest BCUT2D eigenvalue weighted by Crippen LogP contribution is -2.37. The summed E-state index contributed by atoms with van der Waals surface area (Å²) in [5, 5.41) is 7.16. The molecule has 6 nitrogen and oxygen atoms in total. The first-order chi connectivity index (χ1) is 11.2. The Morgan fingerprint density at radius 3 is 2.83 bits per heavy atom. The topological polar surface area (TPSA) is 63.1 Å². The van der Waals surface area contributed by atoms with Crippen LogP contribution in [-0.2, 0) is 17.9 Å². The average molecular weight is 313 g/mol. The first kappa shape index (κ1) is 15.7. The van der Waals surface area contributed by atoms with Gasteiger partial charge in [-0.3, -0.25) is 19.4 Å². The number of hydrogen-bond acceptors (Lipinski definition) is 4. The standard InChI is InChI=1S/C17H23N5O/c1-2-22-13-16(11-19-22)20-17(23)15-5-8-21(9-6-15)12-14-4-3-7-18-10-14/h3-4,7,10-11,13,15H,2,5-6,8-9,12H2,1H3,(H,20,23). The van der Waals surface area contributed by atoms with Gasteiger partial charge >= 0.3 is 0 Å². The molecule has 1 saturated heterocycles. The summed E-state index contributed by atoms with van der Waals surface area (Å²) in [4.78, 5) is 18.9. The normalized spacial score (nSPS) is 16.4. The van der Waals surface area contributed by atoms with E-state index in [9.17, 15) is 4.79 Å². The molecule has 0 aliphatic carbocycles. The van der Waals surface area contributed by atoms with E-state index in [0.29, 0.717) is 0 Å². The van der Waals surface area contributed by atoms with Crippen LogP contribution in [0.15, 0.2) is 36.9 Å². The Kier molecular flexibility index (Phi) is 5.02. The van der Waals surface area contributed by atoms with Crippen LogP contribution in [0, 0.1) is 5.92 Å². The van der Waals surface area contributed by atoms with Crippen LogP contribution in [0.25, 0.3) is 0 Å². The molecule has 0 unspecified atom stereocenters. The number of amides is 1. The number of hydrogen-bond donors (Lipinski definition) is 1. The van der Waals surface area contributed by atoms with Gasteiger partial charge in [0.15, 0.2) is 0 Å². The molecule has 1 amide bonds. The number of anilines is 1. The molecule has 0 spiro atoms. The summed E-state index contributed by atoms with van der Waals surface area (Å²) in [6.07, 6.45) is 9.07. The van der Waals surface area contributed by atoms with Gasteiger partial charge in [-0.25, -0.2) is 0 Å². The Morgan fingerprint density at radius 2 is 2.17 bits per heavy atom. The number of pyridine rings is 1. The van der Waals surface area contributed by atoms with Crippen molar-refractivity contribution in [3.63, 3.8) is 0 Å². The van der Waals surface area contributed by atoms with Gasteiger partial charge < -0.3 is 5.32 Å². The van der Waals surface area contributed by atoms with Crippen LogP contribution in [0.1, 0.15) is 25.3 Å². The van der Waals surface area contributed by atoms with E-state index in [1.54, 1.807) is 12.4 Å². The maximum absolute atomic E-state index is 12.4. The predicted molar refractivity (Wildman–Crippen MR) is 88.8 cm³/mol. The van der Waals surface area contributed by atoms with E-state index in [1.165, 1.54) is 5.56 Å². The molecule has 2 aromatic rings. The Labute approximate surface area is 136 Å². The van der Waals surface area contributed by atoms with Crippen LogP contribution in [0.2, 0.25) is 0 Å². The molecule has 0 radical (unpaired) electrons. The van der Waals surface area contributed by atoms with Crippen LogP contribution >= 0.6 is 0 Å². The van der Waals surface area contributed by atoms with E-state index in [-0.39, 0.29) is 11.8 Å². The molecule has 3 rings (SSSR count). The average Bonchev–Trinajstić information content (AvgIpc) is 3.04. The fourth-order valence-electron chi connectivity index (χ4n) is 2.95. The maximum Gasteiger partial charge on any atom is 0.227 e. The third kappa shape index (κ3) is 4.16. The molecule has 1 aliphatic heterocycles. The van der Waals surface area contributed by atoms with Crippen LogP contribution in [0.5, 0.6) is 0 Å². The number of carbonyl (C=O) groups is 1. The van der Waals surface area contributed by atoms with Gasteiger partial charge in [-0.05, 0) is 44.5 Å². The Bertz CT molecular complexity index is 631. The van der Waals surface area contributed by atoms with E-state index in [0.717, 1.165) is 44.7 Å². The maximum atomic E-state index is 12.4. The smallest absolute Gasteiger partial charge is 0.227 e. The summed E-state index contributed by atoms with van der Waals surface area (Å²) in [5.74, 6) is 0.201. The van der Waals surface area contributed by atoms with Crippen LogP contribution in [0.4, 0.5) is 5.69 Å². The molecular weight excluding hydrogens is 290 g/mol. The second-order valence-corrected chi connectivity index (χ2v) is 5.99. The summed E-state index contributed by atoms with van der Waals surface area (Å²) >= 11 is 0. The molecule has 6 heteroatoms. The lowest BCUT2D eigenvalue weighted by Gasteiger charge is -2.31. The van der Waals surface area contributed by atoms with E-state index in [4.69, 9.17) is 0 Å². The van der Waals surface area contributed by atoms with Gasteiger partial charge in [0.05, 0.1) is 11.9 Å². The summed E-state index contributed by atoms with van der Waals surface area (Å²) in [6, 6.07) is 4.06. The van der Waals surface area contributed by atoms with Gasteiger partial charge in [0.25, 0.3) is 0 Å². The summed E-state index contributed by atoms with van der Waals surface area (Å²) in [7, 11) is 0. The third-order valence-electron chi connectivity index (χ3n) is 4.31. The molecule has 1 aliphatic rings. The van der Waals surface area contributed by atoms with E-state index in [1.807, 2.05) is 30.1 Å². The number of carbonyl (C=O) groups excluding carboxylic acids is 1. The molecule has 1 fully saturated rings. The SMILES string of the molecule is CCn1cc(NC(=O)C2CCN(Cc3cccnc3)CC2)cn1. The van der Waals surface area contributed by atoms with Gasteiger partial charge in [0.1, 0.15) is 0 Å². The van der Waals surface area contributed by atoms with Crippen molar-refractivity contribution >= 4 is 11.6 Å². The fourth-order valence-corrected chi connectivity index (χ4v) is 2.95. The van der Waals surface area contributed by atoms with Crippen molar-refractivity contribution in [2.45, 2.75) is 32.9 Å². The first-order valence-corrected chi connectivity index (χ1v) is 8.19. The van der Waals surface area contributed by atoms with E-state index in [2.05, 4.69) is 26.4 Å². The van der Waals surface area contributed by atoms with Crippen molar-refractivity contribution in [3.05, 3.63) is 42.5 Å². The van der Waals surface area contributed by atoms with E-state index < -0.39 is 0 Å². The van der Waals surface area contributed by atoms with Gasteiger partial charge in [0, 0.05) is 37.6 Å². The summed E-state index contributed by atoms with van der Waals surface area (Å²) in [5.41, 5.74) is 2.01. The summed E-state index contributed by atoms with van der Waals surface area (Å²) < 4.78 is 1.81. The highest BCUT2D eigenvalue weighted by molar-refractivity contribution is 5.92. The fraction of sp³-hybridized carbons (Fsp3) is 0.471. The van der Waals surface area contributed by atoms with Crippen molar-refractivity contribution < 1.29 is 4.79 Å². The number of nitrogens with one attached hydrogen (secondary N) is 1. The third-order valence-corrected chi connectivity index (χ3v) is 4.31. The van der Waals surface area contributed by atoms with Crippen molar-refractivity contribution in [1.82, 2.24) is 19.7 Å². The van der Waals surface area contributed by atoms with Crippen LogP contribution in [-0.4, -0.2) is 38.7 Å². The largest absolute Gasteiger partial charge is 0.323 e. The second kappa shape index (κ2) is 7.37. The lowest BCUT2D eigenvalue weighted by atomic mass is 9.95. The predicted octanol–water partition coefficient (Wildman–Crippen LogP) is 2.15. The quantitative estimate of drug-likeness (QED) is 0.919. The number of aryl methyl sites for hydroxylation is 1.